The highest BCUT2D eigenvalue weighted by Crippen LogP contribution is 2.49. The number of hydroxylamine groups is 1. The molecule has 9 heteroatoms. The van der Waals surface area contributed by atoms with Crippen molar-refractivity contribution < 1.29 is 19.2 Å². The van der Waals surface area contributed by atoms with Crippen molar-refractivity contribution in [2.24, 2.45) is 4.99 Å². The molecule has 8 rings (SSSR count). The smallest absolute Gasteiger partial charge is 0.434 e. The summed E-state index contributed by atoms with van der Waals surface area (Å²) in [4.78, 5) is 38.0. The van der Waals surface area contributed by atoms with Crippen molar-refractivity contribution in [1.82, 2.24) is 16.1 Å². The van der Waals surface area contributed by atoms with Crippen molar-refractivity contribution in [2.75, 3.05) is 12.4 Å². The Bertz CT molecular complexity index is 2010. The SMILES string of the molecule is O=C(N=C(CSC(c1ccccc1)(c1ccccc1)c1ccccc1)C(=O)ON1NNC2C=CC=CC21)OCC1c2ccccc2-c2ccccc21. The second kappa shape index (κ2) is 15.0. The zero-order chi connectivity index (χ0) is 35.3. The number of nitrogens with zero attached hydrogens (tertiary/aromatic N) is 2. The predicted octanol–water partition coefficient (Wildman–Crippen LogP) is 7.75. The van der Waals surface area contributed by atoms with Crippen LogP contribution in [-0.2, 0) is 19.1 Å². The van der Waals surface area contributed by atoms with Crippen molar-refractivity contribution in [3.8, 4) is 11.1 Å². The van der Waals surface area contributed by atoms with E-state index >= 15 is 0 Å². The Labute approximate surface area is 306 Å². The van der Waals surface area contributed by atoms with Gasteiger partial charge in [-0.2, -0.15) is 10.5 Å². The Balaban J connectivity index is 1.12. The van der Waals surface area contributed by atoms with Crippen LogP contribution >= 0.6 is 11.8 Å². The van der Waals surface area contributed by atoms with E-state index < -0.39 is 16.8 Å². The second-order valence-corrected chi connectivity index (χ2v) is 13.9. The van der Waals surface area contributed by atoms with Crippen LogP contribution in [0, 0.1) is 0 Å². The number of carbonyl (C=O) groups excluding carboxylic acids is 2. The summed E-state index contributed by atoms with van der Waals surface area (Å²) in [6, 6.07) is 46.4. The van der Waals surface area contributed by atoms with Gasteiger partial charge in [-0.3, -0.25) is 0 Å². The standard InChI is InChI=1S/C43H36N4O4S/c48-41(51-47-40-27-15-14-26-38(40)45-46-47)39(44-42(49)50-28-37-35-24-12-10-22-33(35)34-23-11-13-25-36(34)37)29-52-43(30-16-4-1-5-17-30,31-18-6-2-7-19-31)32-20-8-3-9-21-32/h1-27,37-38,40,45-46H,28-29H2. The van der Waals surface area contributed by atoms with Crippen LogP contribution in [0.15, 0.2) is 169 Å². The van der Waals surface area contributed by atoms with Gasteiger partial charge in [-0.1, -0.05) is 169 Å². The van der Waals surface area contributed by atoms with Gasteiger partial charge in [0.25, 0.3) is 0 Å². The topological polar surface area (TPSA) is 92.3 Å². The molecule has 52 heavy (non-hydrogen) atoms. The summed E-state index contributed by atoms with van der Waals surface area (Å²) in [5.74, 6) is -0.879. The number of benzene rings is 5. The first-order valence-electron chi connectivity index (χ1n) is 17.2. The number of hydrazine groups is 2. The lowest BCUT2D eigenvalue weighted by atomic mass is 9.84. The Morgan fingerprint density at radius 1 is 0.692 bits per heavy atom. The number of fused-ring (bicyclic) bond motifs is 4. The molecule has 0 bridgehead atoms. The first-order valence-corrected chi connectivity index (χ1v) is 18.2. The molecule has 1 fully saturated rings. The molecule has 1 amide bonds. The Morgan fingerprint density at radius 2 is 1.21 bits per heavy atom. The molecule has 2 atom stereocenters. The summed E-state index contributed by atoms with van der Waals surface area (Å²) in [6.07, 6.45) is 6.86. The van der Waals surface area contributed by atoms with Crippen LogP contribution in [0.5, 0.6) is 0 Å². The van der Waals surface area contributed by atoms with E-state index in [4.69, 9.17) is 9.57 Å². The fourth-order valence-corrected chi connectivity index (χ4v) is 8.65. The summed E-state index contributed by atoms with van der Waals surface area (Å²) in [5, 5.41) is 1.35. The normalized spacial score (nSPS) is 18.0. The predicted molar refractivity (Wildman–Crippen MR) is 204 cm³/mol. The lowest BCUT2D eigenvalue weighted by Gasteiger charge is -2.35. The minimum atomic E-state index is -0.856. The van der Waals surface area contributed by atoms with Crippen LogP contribution in [0.2, 0.25) is 0 Å². The molecule has 5 aromatic rings. The molecule has 1 saturated heterocycles. The second-order valence-electron chi connectivity index (χ2n) is 12.7. The fourth-order valence-electron chi connectivity index (χ4n) is 7.21. The third-order valence-electron chi connectivity index (χ3n) is 9.66. The van der Waals surface area contributed by atoms with Gasteiger partial charge < -0.3 is 9.57 Å². The molecular formula is C43H36N4O4S. The quantitative estimate of drug-likeness (QED) is 0.113. The first kappa shape index (κ1) is 33.6. The van der Waals surface area contributed by atoms with E-state index in [-0.39, 0.29) is 36.1 Å². The molecular weight excluding hydrogens is 669 g/mol. The average molecular weight is 705 g/mol. The van der Waals surface area contributed by atoms with Gasteiger partial charge >= 0.3 is 12.1 Å². The number of hydrogen-bond acceptors (Lipinski definition) is 8. The van der Waals surface area contributed by atoms with E-state index in [1.165, 1.54) is 16.9 Å². The summed E-state index contributed by atoms with van der Waals surface area (Å²) in [6.45, 7) is 0.0757. The zero-order valence-corrected chi connectivity index (χ0v) is 29.0. The lowest BCUT2D eigenvalue weighted by molar-refractivity contribution is -0.199. The summed E-state index contributed by atoms with van der Waals surface area (Å²) >= 11 is 1.49. The van der Waals surface area contributed by atoms with Crippen LogP contribution in [-0.4, -0.2) is 47.4 Å². The number of ether oxygens (including phenoxy) is 1. The molecule has 5 aromatic carbocycles. The monoisotopic (exact) mass is 704 g/mol. The number of carbonyl (C=O) groups is 2. The molecule has 0 spiro atoms. The number of allylic oxidation sites excluding steroid dienone is 2. The van der Waals surface area contributed by atoms with E-state index in [9.17, 15) is 9.59 Å². The molecule has 1 aliphatic heterocycles. The Kier molecular flexibility index (Phi) is 9.65. The molecule has 3 aliphatic rings. The van der Waals surface area contributed by atoms with E-state index in [0.717, 1.165) is 38.9 Å². The van der Waals surface area contributed by atoms with Crippen molar-refractivity contribution >= 4 is 29.5 Å². The molecule has 0 aromatic heterocycles. The minimum absolute atomic E-state index is 0.0345. The Hall–Kier alpha value is -5.58. The minimum Gasteiger partial charge on any atom is -0.447 e. The van der Waals surface area contributed by atoms with Gasteiger partial charge in [0.15, 0.2) is 0 Å². The third-order valence-corrected chi connectivity index (χ3v) is 11.2. The number of aliphatic imine (C=N–C) groups is 1. The van der Waals surface area contributed by atoms with Crippen LogP contribution < -0.4 is 11.0 Å². The van der Waals surface area contributed by atoms with E-state index in [1.54, 1.807) is 0 Å². The average Bonchev–Trinajstić information content (AvgIpc) is 3.76. The molecule has 2 aliphatic carbocycles. The molecule has 0 saturated carbocycles. The zero-order valence-electron chi connectivity index (χ0n) is 28.2. The van der Waals surface area contributed by atoms with Gasteiger partial charge in [0.05, 0.1) is 10.8 Å². The molecule has 1 heterocycles. The van der Waals surface area contributed by atoms with Gasteiger partial charge in [0.2, 0.25) is 0 Å². The Morgan fingerprint density at radius 3 is 1.79 bits per heavy atom. The van der Waals surface area contributed by atoms with Crippen molar-refractivity contribution in [3.63, 3.8) is 0 Å². The number of hydrogen-bond donors (Lipinski definition) is 2. The molecule has 2 N–H and O–H groups in total. The highest BCUT2D eigenvalue weighted by atomic mass is 32.2. The third kappa shape index (κ3) is 6.51. The highest BCUT2D eigenvalue weighted by molar-refractivity contribution is 8.01. The highest BCUT2D eigenvalue weighted by Gasteiger charge is 2.40. The van der Waals surface area contributed by atoms with Gasteiger partial charge in [0.1, 0.15) is 18.4 Å². The molecule has 0 radical (unpaired) electrons. The maximum absolute atomic E-state index is 14.1. The summed E-state index contributed by atoms with van der Waals surface area (Å²) in [7, 11) is 0. The maximum atomic E-state index is 14.1. The van der Waals surface area contributed by atoms with E-state index in [0.29, 0.717) is 0 Å². The van der Waals surface area contributed by atoms with E-state index in [1.807, 2.05) is 103 Å². The first-order chi connectivity index (χ1) is 25.6. The van der Waals surface area contributed by atoms with Crippen LogP contribution in [0.3, 0.4) is 0 Å². The van der Waals surface area contributed by atoms with Crippen molar-refractivity contribution in [2.45, 2.75) is 22.7 Å². The fraction of sp³-hybridized carbons (Fsp3) is 0.140. The van der Waals surface area contributed by atoms with Gasteiger partial charge in [-0.05, 0) is 38.9 Å². The summed E-state index contributed by atoms with van der Waals surface area (Å²) in [5.41, 5.74) is 13.4. The van der Waals surface area contributed by atoms with Crippen molar-refractivity contribution in [1.29, 1.82) is 0 Å². The molecule has 258 valence electrons. The van der Waals surface area contributed by atoms with Crippen LogP contribution in [0.4, 0.5) is 4.79 Å². The van der Waals surface area contributed by atoms with Crippen LogP contribution in [0.1, 0.15) is 33.7 Å². The van der Waals surface area contributed by atoms with Gasteiger partial charge in [-0.25, -0.2) is 15.0 Å². The molecule has 8 nitrogen and oxygen atoms in total. The van der Waals surface area contributed by atoms with Gasteiger partial charge in [-0.15, -0.1) is 11.8 Å². The number of amides is 1. The van der Waals surface area contributed by atoms with Crippen LogP contribution in [0.25, 0.3) is 11.1 Å². The van der Waals surface area contributed by atoms with Gasteiger partial charge in [0, 0.05) is 11.7 Å². The van der Waals surface area contributed by atoms with E-state index in [2.05, 4.69) is 76.6 Å². The molecule has 2 unspecified atom stereocenters. The number of rotatable bonds is 10. The summed E-state index contributed by atoms with van der Waals surface area (Å²) < 4.78 is 5.09. The lowest BCUT2D eigenvalue weighted by Crippen LogP contribution is -2.43. The number of thioether (sulfide) groups is 1. The largest absolute Gasteiger partial charge is 0.447 e. The number of nitrogens with one attached hydrogen (secondary N) is 2. The maximum Gasteiger partial charge on any atom is 0.434 e. The van der Waals surface area contributed by atoms with Crippen molar-refractivity contribution in [3.05, 3.63) is 192 Å².